The highest BCUT2D eigenvalue weighted by Crippen LogP contribution is 2.37. The Bertz CT molecular complexity index is 1750. The predicted octanol–water partition coefficient (Wildman–Crippen LogP) is 4.85. The van der Waals surface area contributed by atoms with E-state index in [9.17, 15) is 21.2 Å². The van der Waals surface area contributed by atoms with Crippen molar-refractivity contribution in [1.82, 2.24) is 15.0 Å². The number of H-pyrrole nitrogens is 1. The number of pyridine rings is 2. The monoisotopic (exact) mass is 578 g/mol. The molecule has 0 fully saturated rings. The number of halogens is 2. The maximum absolute atomic E-state index is 15.2. The average molecular weight is 579 g/mol. The molecule has 9 nitrogen and oxygen atoms in total. The summed E-state index contributed by atoms with van der Waals surface area (Å²) in [5, 5.41) is 2.94. The Hall–Kier alpha value is -3.42. The van der Waals surface area contributed by atoms with Crippen LogP contribution < -0.4 is 5.32 Å². The number of benzene rings is 1. The van der Waals surface area contributed by atoms with Gasteiger partial charge in [-0.05, 0) is 30.5 Å². The third-order valence-electron chi connectivity index (χ3n) is 6.17. The first-order chi connectivity index (χ1) is 18.1. The molecule has 4 rings (SSSR count). The molecule has 0 aliphatic rings. The molecule has 0 amide bonds. The summed E-state index contributed by atoms with van der Waals surface area (Å²) < 4.78 is 85.2. The molecule has 0 aliphatic carbocycles. The van der Waals surface area contributed by atoms with Crippen molar-refractivity contribution in [3.63, 3.8) is 0 Å². The van der Waals surface area contributed by atoms with Crippen molar-refractivity contribution in [2.24, 2.45) is 5.41 Å². The number of fused-ring (bicyclic) bond motifs is 1. The van der Waals surface area contributed by atoms with Gasteiger partial charge in [0.05, 0.1) is 53.0 Å². The van der Waals surface area contributed by atoms with Crippen LogP contribution in [-0.4, -0.2) is 50.7 Å². The minimum Gasteiger partial charge on any atom is -0.377 e. The lowest BCUT2D eigenvalue weighted by Crippen LogP contribution is -2.39. The van der Waals surface area contributed by atoms with Gasteiger partial charge in [0.2, 0.25) is 9.84 Å². The maximum atomic E-state index is 15.2. The summed E-state index contributed by atoms with van der Waals surface area (Å²) in [6.45, 7) is 7.02. The molecule has 0 aliphatic heterocycles. The van der Waals surface area contributed by atoms with Gasteiger partial charge in [-0.15, -0.1) is 0 Å². The largest absolute Gasteiger partial charge is 0.377 e. The number of rotatable bonds is 8. The molecule has 0 spiro atoms. The fraction of sp³-hybridized carbons (Fsp3) is 0.308. The van der Waals surface area contributed by atoms with Crippen LogP contribution in [0.1, 0.15) is 26.3 Å². The summed E-state index contributed by atoms with van der Waals surface area (Å²) in [4.78, 5) is 10.3. The number of aromatic nitrogens is 3. The molecule has 1 aromatic carbocycles. The quantitative estimate of drug-likeness (QED) is 0.284. The smallest absolute Gasteiger partial charge is 0.264 e. The summed E-state index contributed by atoms with van der Waals surface area (Å²) in [6.07, 6.45) is 4.10. The molecule has 0 radical (unpaired) electrons. The Morgan fingerprint density at radius 3 is 2.28 bits per heavy atom. The predicted molar refractivity (Wildman–Crippen MR) is 144 cm³/mol. The van der Waals surface area contributed by atoms with E-state index in [2.05, 4.69) is 20.3 Å². The van der Waals surface area contributed by atoms with Crippen LogP contribution in [-0.2, 0) is 24.1 Å². The molecule has 4 aromatic rings. The van der Waals surface area contributed by atoms with Crippen molar-refractivity contribution < 1.29 is 29.8 Å². The molecule has 208 valence electrons. The Labute approximate surface area is 225 Å². The summed E-state index contributed by atoms with van der Waals surface area (Å²) >= 11 is 0. The van der Waals surface area contributed by atoms with Crippen molar-refractivity contribution >= 4 is 36.7 Å². The lowest BCUT2D eigenvalue weighted by atomic mass is 9.87. The van der Waals surface area contributed by atoms with Gasteiger partial charge in [-0.3, -0.25) is 9.17 Å². The van der Waals surface area contributed by atoms with E-state index in [1.165, 1.54) is 24.4 Å². The van der Waals surface area contributed by atoms with Crippen molar-refractivity contribution in [2.45, 2.75) is 43.5 Å². The van der Waals surface area contributed by atoms with E-state index >= 15 is 4.39 Å². The standard InChI is InChI=1S/C26H28F2N4O5S2/c1-15-6-8-16(9-7-15)39(35,36)24-19(28)13-31-25-23(24)17(11-30-25)20-10-21(18(27)12-29-20)32-22(26(2,3)4)14-37-38(5,33)34/h6-13,22H,14H2,1-5H3,(H,29,32)(H,30,31)/t22-/m1/s1. The van der Waals surface area contributed by atoms with Gasteiger partial charge in [-0.25, -0.2) is 22.2 Å². The van der Waals surface area contributed by atoms with Crippen LogP contribution >= 0.6 is 0 Å². The van der Waals surface area contributed by atoms with Gasteiger partial charge in [0.1, 0.15) is 10.5 Å². The number of sulfone groups is 1. The topological polar surface area (TPSA) is 131 Å². The summed E-state index contributed by atoms with van der Waals surface area (Å²) in [5.74, 6) is -1.78. The van der Waals surface area contributed by atoms with E-state index in [4.69, 9.17) is 4.18 Å². The van der Waals surface area contributed by atoms with E-state index in [1.807, 2.05) is 20.8 Å². The van der Waals surface area contributed by atoms with Crippen LogP contribution in [0.4, 0.5) is 14.5 Å². The second kappa shape index (κ2) is 10.3. The second-order valence-electron chi connectivity index (χ2n) is 10.3. The minimum absolute atomic E-state index is 0.0290. The van der Waals surface area contributed by atoms with Crippen LogP contribution in [0.25, 0.3) is 22.3 Å². The highest BCUT2D eigenvalue weighted by atomic mass is 32.2. The third kappa shape index (κ3) is 6.10. The lowest BCUT2D eigenvalue weighted by molar-refractivity contribution is 0.224. The number of nitrogens with one attached hydrogen (secondary N) is 2. The molecule has 39 heavy (non-hydrogen) atoms. The number of aryl methyl sites for hydroxylation is 1. The Kier molecular flexibility index (Phi) is 7.54. The number of hydrogen-bond donors (Lipinski definition) is 2. The first-order valence-electron chi connectivity index (χ1n) is 11.8. The van der Waals surface area contributed by atoms with Gasteiger partial charge in [-0.2, -0.15) is 8.42 Å². The van der Waals surface area contributed by atoms with Crippen LogP contribution in [0.2, 0.25) is 0 Å². The fourth-order valence-corrected chi connectivity index (χ4v) is 5.83. The highest BCUT2D eigenvalue weighted by Gasteiger charge is 2.30. The van der Waals surface area contributed by atoms with E-state index in [-0.39, 0.29) is 39.5 Å². The summed E-state index contributed by atoms with van der Waals surface area (Å²) in [6, 6.07) is 6.71. The normalized spacial score (nSPS) is 13.5. The van der Waals surface area contributed by atoms with Crippen LogP contribution in [0.3, 0.4) is 0 Å². The number of hydrogen-bond acceptors (Lipinski definition) is 8. The van der Waals surface area contributed by atoms with Gasteiger partial charge >= 0.3 is 0 Å². The third-order valence-corrected chi connectivity index (χ3v) is 8.56. The van der Waals surface area contributed by atoms with Crippen LogP contribution in [0.5, 0.6) is 0 Å². The molecular formula is C26H28F2N4O5S2. The molecule has 2 N–H and O–H groups in total. The van der Waals surface area contributed by atoms with E-state index in [0.717, 1.165) is 24.2 Å². The fourth-order valence-electron chi connectivity index (χ4n) is 3.93. The zero-order valence-corrected chi connectivity index (χ0v) is 23.5. The van der Waals surface area contributed by atoms with E-state index in [0.29, 0.717) is 0 Å². The van der Waals surface area contributed by atoms with Crippen molar-refractivity contribution in [2.75, 3.05) is 18.2 Å². The first-order valence-corrected chi connectivity index (χ1v) is 15.1. The molecule has 13 heteroatoms. The van der Waals surface area contributed by atoms with Gasteiger partial charge in [0, 0.05) is 11.8 Å². The van der Waals surface area contributed by atoms with Crippen molar-refractivity contribution in [1.29, 1.82) is 0 Å². The zero-order chi connectivity index (χ0) is 28.8. The molecule has 0 unspecified atom stereocenters. The Morgan fingerprint density at radius 2 is 1.67 bits per heavy atom. The lowest BCUT2D eigenvalue weighted by Gasteiger charge is -2.32. The number of aromatic amines is 1. The minimum atomic E-state index is -4.32. The average Bonchev–Trinajstić information content (AvgIpc) is 3.25. The molecule has 3 aromatic heterocycles. The Morgan fingerprint density at radius 1 is 1.03 bits per heavy atom. The van der Waals surface area contributed by atoms with Crippen LogP contribution in [0.15, 0.2) is 58.7 Å². The molecule has 0 saturated heterocycles. The maximum Gasteiger partial charge on any atom is 0.264 e. The Balaban J connectivity index is 1.84. The number of anilines is 1. The summed E-state index contributed by atoms with van der Waals surface area (Å²) in [5.41, 5.74) is 0.678. The van der Waals surface area contributed by atoms with E-state index in [1.54, 1.807) is 19.1 Å². The molecule has 0 saturated carbocycles. The van der Waals surface area contributed by atoms with Gasteiger partial charge < -0.3 is 10.3 Å². The second-order valence-corrected chi connectivity index (χ2v) is 13.8. The van der Waals surface area contributed by atoms with Crippen LogP contribution in [0, 0.1) is 24.0 Å². The van der Waals surface area contributed by atoms with Gasteiger partial charge in [0.15, 0.2) is 11.6 Å². The highest BCUT2D eigenvalue weighted by molar-refractivity contribution is 7.91. The zero-order valence-electron chi connectivity index (χ0n) is 21.9. The van der Waals surface area contributed by atoms with E-state index < -0.39 is 47.9 Å². The molecule has 3 heterocycles. The van der Waals surface area contributed by atoms with Gasteiger partial charge in [-0.1, -0.05) is 38.5 Å². The molecule has 1 atom stereocenters. The molecule has 0 bridgehead atoms. The SMILES string of the molecule is Cc1ccc(S(=O)(=O)c2c(F)cnc3[nH]cc(-c4cc(N[C@H](COS(C)(=O)=O)C(C)(C)C)c(F)cn4)c23)cc1. The van der Waals surface area contributed by atoms with Gasteiger partial charge in [0.25, 0.3) is 10.1 Å². The van der Waals surface area contributed by atoms with Crippen molar-refractivity contribution in [3.8, 4) is 11.3 Å². The first kappa shape index (κ1) is 28.6. The molecular weight excluding hydrogens is 550 g/mol. The van der Waals surface area contributed by atoms with Crippen molar-refractivity contribution in [3.05, 3.63) is 66.1 Å². The summed E-state index contributed by atoms with van der Waals surface area (Å²) in [7, 11) is -8.06. The number of nitrogens with zero attached hydrogens (tertiary/aromatic N) is 2.